The zero-order valence-corrected chi connectivity index (χ0v) is 12.7. The topological polar surface area (TPSA) is 62.3 Å². The first kappa shape index (κ1) is 15.1. The van der Waals surface area contributed by atoms with Crippen LogP contribution in [-0.2, 0) is 16.0 Å². The van der Waals surface area contributed by atoms with E-state index in [4.69, 9.17) is 0 Å². The van der Waals surface area contributed by atoms with Crippen LogP contribution in [-0.4, -0.2) is 23.3 Å². The Hall–Kier alpha value is -2.76. The van der Waals surface area contributed by atoms with Gasteiger partial charge in [0.15, 0.2) is 0 Å². The number of hydrogen-bond donors (Lipinski definition) is 1. The molecule has 1 aromatic heterocycles. The predicted molar refractivity (Wildman–Crippen MR) is 84.7 cm³/mol. The van der Waals surface area contributed by atoms with Crippen LogP contribution in [0.2, 0.25) is 0 Å². The van der Waals surface area contributed by atoms with Crippen molar-refractivity contribution in [3.8, 4) is 0 Å². The molecule has 0 fully saturated rings. The van der Waals surface area contributed by atoms with Crippen LogP contribution in [0, 0.1) is 12.7 Å². The molecule has 3 rings (SSSR count). The van der Waals surface area contributed by atoms with Crippen LogP contribution in [0.1, 0.15) is 17.5 Å². The highest BCUT2D eigenvalue weighted by atomic mass is 19.1. The molecule has 2 amide bonds. The predicted octanol–water partition coefficient (Wildman–Crippen LogP) is 2.45. The van der Waals surface area contributed by atoms with Crippen molar-refractivity contribution in [2.75, 3.05) is 16.8 Å². The minimum Gasteiger partial charge on any atom is -0.309 e. The van der Waals surface area contributed by atoms with Crippen LogP contribution in [0.15, 0.2) is 36.5 Å². The Morgan fingerprint density at radius 1 is 1.35 bits per heavy atom. The lowest BCUT2D eigenvalue weighted by molar-refractivity contribution is -0.121. The lowest BCUT2D eigenvalue weighted by atomic mass is 10.0. The third kappa shape index (κ3) is 3.21. The Morgan fingerprint density at radius 3 is 2.96 bits per heavy atom. The molecule has 1 N–H and O–H groups in total. The van der Waals surface area contributed by atoms with Crippen molar-refractivity contribution in [1.82, 2.24) is 4.98 Å². The average Bonchev–Trinajstić information content (AvgIpc) is 2.50. The van der Waals surface area contributed by atoms with E-state index in [0.29, 0.717) is 12.2 Å². The van der Waals surface area contributed by atoms with E-state index in [1.807, 2.05) is 13.0 Å². The molecule has 5 nitrogen and oxygen atoms in total. The first-order valence-electron chi connectivity index (χ1n) is 7.35. The fraction of sp³-hybridized carbons (Fsp3) is 0.235. The Kier molecular flexibility index (Phi) is 4.06. The van der Waals surface area contributed by atoms with Gasteiger partial charge in [0.25, 0.3) is 0 Å². The monoisotopic (exact) mass is 313 g/mol. The van der Waals surface area contributed by atoms with Gasteiger partial charge in [0.1, 0.15) is 18.2 Å². The van der Waals surface area contributed by atoms with Gasteiger partial charge in [0.2, 0.25) is 11.8 Å². The first-order valence-corrected chi connectivity index (χ1v) is 7.35. The van der Waals surface area contributed by atoms with E-state index in [-0.39, 0.29) is 24.6 Å². The highest BCUT2D eigenvalue weighted by Crippen LogP contribution is 2.30. The van der Waals surface area contributed by atoms with E-state index in [9.17, 15) is 14.0 Å². The molecule has 0 unspecified atom stereocenters. The van der Waals surface area contributed by atoms with Gasteiger partial charge in [-0.2, -0.15) is 0 Å². The Morgan fingerprint density at radius 2 is 2.17 bits per heavy atom. The lowest BCUT2D eigenvalue weighted by Gasteiger charge is -2.29. The molecule has 0 atom stereocenters. The van der Waals surface area contributed by atoms with Gasteiger partial charge in [-0.3, -0.25) is 14.5 Å². The zero-order valence-electron chi connectivity index (χ0n) is 12.7. The van der Waals surface area contributed by atoms with Crippen LogP contribution in [0.4, 0.5) is 15.9 Å². The molecule has 0 bridgehead atoms. The summed E-state index contributed by atoms with van der Waals surface area (Å²) in [4.78, 5) is 29.6. The number of carbonyl (C=O) groups excluding carboxylic acids is 2. The van der Waals surface area contributed by atoms with E-state index in [1.165, 1.54) is 11.0 Å². The number of carbonyl (C=O) groups is 2. The SMILES string of the molecule is Cc1ccnc(NC(=O)CN2C(=O)CCc3cccc(F)c32)c1. The van der Waals surface area contributed by atoms with Gasteiger partial charge in [-0.25, -0.2) is 9.37 Å². The Bertz CT molecular complexity index is 776. The number of nitrogens with one attached hydrogen (secondary N) is 1. The number of aromatic nitrogens is 1. The summed E-state index contributed by atoms with van der Waals surface area (Å²) in [6.45, 7) is 1.65. The second-order valence-corrected chi connectivity index (χ2v) is 5.49. The van der Waals surface area contributed by atoms with Crippen molar-refractivity contribution in [3.05, 3.63) is 53.5 Å². The average molecular weight is 313 g/mol. The number of halogens is 1. The summed E-state index contributed by atoms with van der Waals surface area (Å²) < 4.78 is 14.1. The van der Waals surface area contributed by atoms with Crippen molar-refractivity contribution in [2.45, 2.75) is 19.8 Å². The zero-order chi connectivity index (χ0) is 16.4. The molecule has 0 saturated heterocycles. The quantitative estimate of drug-likeness (QED) is 0.947. The number of nitrogens with zero attached hydrogens (tertiary/aromatic N) is 2. The van der Waals surface area contributed by atoms with E-state index in [2.05, 4.69) is 10.3 Å². The molecule has 2 aromatic rings. The molecule has 1 aliphatic rings. The van der Waals surface area contributed by atoms with E-state index >= 15 is 0 Å². The first-order chi connectivity index (χ1) is 11.0. The molecule has 2 heterocycles. The molecule has 0 spiro atoms. The summed E-state index contributed by atoms with van der Waals surface area (Å²) in [5, 5.41) is 2.63. The molecule has 0 aliphatic carbocycles. The summed E-state index contributed by atoms with van der Waals surface area (Å²) in [5.74, 6) is -0.743. The van der Waals surface area contributed by atoms with Gasteiger partial charge in [-0.05, 0) is 42.7 Å². The van der Waals surface area contributed by atoms with Crippen LogP contribution >= 0.6 is 0 Å². The smallest absolute Gasteiger partial charge is 0.245 e. The molecule has 0 saturated carbocycles. The third-order valence-electron chi connectivity index (χ3n) is 3.73. The summed E-state index contributed by atoms with van der Waals surface area (Å²) in [5.41, 5.74) is 1.91. The minimum atomic E-state index is -0.489. The van der Waals surface area contributed by atoms with Crippen molar-refractivity contribution in [2.24, 2.45) is 0 Å². The van der Waals surface area contributed by atoms with Gasteiger partial charge in [-0.15, -0.1) is 0 Å². The summed E-state index contributed by atoms with van der Waals surface area (Å²) >= 11 is 0. The fourth-order valence-electron chi connectivity index (χ4n) is 2.66. The molecule has 23 heavy (non-hydrogen) atoms. The van der Waals surface area contributed by atoms with Crippen LogP contribution in [0.5, 0.6) is 0 Å². The number of pyridine rings is 1. The highest BCUT2D eigenvalue weighted by molar-refractivity contribution is 6.04. The second kappa shape index (κ2) is 6.16. The maximum atomic E-state index is 14.1. The van der Waals surface area contributed by atoms with Crippen molar-refractivity contribution >= 4 is 23.3 Å². The minimum absolute atomic E-state index is 0.205. The Balaban J connectivity index is 1.80. The maximum Gasteiger partial charge on any atom is 0.245 e. The number of rotatable bonds is 3. The van der Waals surface area contributed by atoms with Crippen LogP contribution < -0.4 is 10.2 Å². The number of benzene rings is 1. The van der Waals surface area contributed by atoms with Gasteiger partial charge >= 0.3 is 0 Å². The third-order valence-corrected chi connectivity index (χ3v) is 3.73. The van der Waals surface area contributed by atoms with Crippen molar-refractivity contribution in [3.63, 3.8) is 0 Å². The van der Waals surface area contributed by atoms with Crippen molar-refractivity contribution in [1.29, 1.82) is 0 Å². The normalized spacial score (nSPS) is 13.7. The van der Waals surface area contributed by atoms with Crippen LogP contribution in [0.3, 0.4) is 0 Å². The number of fused-ring (bicyclic) bond motifs is 1. The standard InChI is InChI=1S/C17H16FN3O2/c1-11-7-8-19-14(9-11)20-15(22)10-21-16(23)6-5-12-3-2-4-13(18)17(12)21/h2-4,7-9H,5-6,10H2,1H3,(H,19,20,22). The van der Waals surface area contributed by atoms with Crippen molar-refractivity contribution < 1.29 is 14.0 Å². The Labute approximate surface area is 133 Å². The highest BCUT2D eigenvalue weighted by Gasteiger charge is 2.28. The van der Waals surface area contributed by atoms with Gasteiger partial charge in [0.05, 0.1) is 5.69 Å². The second-order valence-electron chi connectivity index (χ2n) is 5.49. The maximum absolute atomic E-state index is 14.1. The fourth-order valence-corrected chi connectivity index (χ4v) is 2.66. The van der Waals surface area contributed by atoms with E-state index < -0.39 is 11.7 Å². The van der Waals surface area contributed by atoms with Gasteiger partial charge < -0.3 is 5.32 Å². The molecule has 1 aromatic carbocycles. The van der Waals surface area contributed by atoms with E-state index in [1.54, 1.807) is 24.4 Å². The molecular weight excluding hydrogens is 297 g/mol. The molecular formula is C17H16FN3O2. The molecule has 6 heteroatoms. The number of para-hydroxylation sites is 1. The number of hydrogen-bond acceptors (Lipinski definition) is 3. The van der Waals surface area contributed by atoms with Gasteiger partial charge in [-0.1, -0.05) is 12.1 Å². The van der Waals surface area contributed by atoms with Gasteiger partial charge in [0, 0.05) is 12.6 Å². The summed E-state index contributed by atoms with van der Waals surface area (Å²) in [6.07, 6.45) is 2.35. The number of aryl methyl sites for hydroxylation is 2. The van der Waals surface area contributed by atoms with E-state index in [0.717, 1.165) is 11.1 Å². The largest absolute Gasteiger partial charge is 0.309 e. The number of anilines is 2. The molecule has 0 radical (unpaired) electrons. The molecule has 1 aliphatic heterocycles. The summed E-state index contributed by atoms with van der Waals surface area (Å²) in [6, 6.07) is 8.22. The van der Waals surface area contributed by atoms with Crippen LogP contribution in [0.25, 0.3) is 0 Å². The molecule has 118 valence electrons. The lowest BCUT2D eigenvalue weighted by Crippen LogP contribution is -2.41. The number of amides is 2. The summed E-state index contributed by atoms with van der Waals surface area (Å²) in [7, 11) is 0.